The largest absolute Gasteiger partial charge is 0.334 e. The van der Waals surface area contributed by atoms with Crippen LogP contribution in [0.2, 0.25) is 0 Å². The van der Waals surface area contributed by atoms with Crippen LogP contribution >= 0.6 is 11.3 Å². The van der Waals surface area contributed by atoms with Gasteiger partial charge < -0.3 is 4.90 Å². The van der Waals surface area contributed by atoms with Crippen molar-refractivity contribution in [3.05, 3.63) is 61.1 Å². The summed E-state index contributed by atoms with van der Waals surface area (Å²) in [5, 5.41) is 2.21. The molecule has 0 N–H and O–H groups in total. The van der Waals surface area contributed by atoms with Gasteiger partial charge in [0, 0.05) is 32.2 Å². The maximum Gasteiger partial charge on any atom is 0.332 e. The Morgan fingerprint density at radius 1 is 1.28 bits per heavy atom. The number of nitrogens with zero attached hydrogens (tertiary/aromatic N) is 4. The Hall–Kier alpha value is -2.74. The first kappa shape index (κ1) is 17.1. The molecule has 130 valence electrons. The van der Waals surface area contributed by atoms with E-state index in [9.17, 15) is 14.4 Å². The number of hydrogen-bond acceptors (Lipinski definition) is 5. The highest BCUT2D eigenvalue weighted by atomic mass is 32.1. The van der Waals surface area contributed by atoms with Crippen molar-refractivity contribution in [1.29, 1.82) is 0 Å². The lowest BCUT2D eigenvalue weighted by Crippen LogP contribution is -2.37. The molecule has 3 rings (SSSR count). The van der Waals surface area contributed by atoms with Crippen LogP contribution in [0.1, 0.15) is 28.2 Å². The van der Waals surface area contributed by atoms with Crippen molar-refractivity contribution in [2.45, 2.75) is 13.0 Å². The van der Waals surface area contributed by atoms with Gasteiger partial charge in [0.2, 0.25) is 0 Å². The molecule has 0 aromatic carbocycles. The van der Waals surface area contributed by atoms with E-state index in [0.29, 0.717) is 5.56 Å². The SMILES string of the molecule is C[C@@H](c1cccs1)N(C)C(=O)c1cnc2c(c1)c(=O)n(C)c(=O)n2C. The number of carbonyl (C=O) groups is 1. The molecule has 0 radical (unpaired) electrons. The molecule has 3 heterocycles. The van der Waals surface area contributed by atoms with Crippen molar-refractivity contribution < 1.29 is 4.79 Å². The summed E-state index contributed by atoms with van der Waals surface area (Å²) in [7, 11) is 4.67. The Morgan fingerprint density at radius 3 is 2.64 bits per heavy atom. The van der Waals surface area contributed by atoms with E-state index in [1.165, 1.54) is 23.9 Å². The number of aromatic nitrogens is 3. The number of thiophene rings is 1. The highest BCUT2D eigenvalue weighted by Gasteiger charge is 2.21. The summed E-state index contributed by atoms with van der Waals surface area (Å²) in [5.74, 6) is -0.230. The molecule has 7 nitrogen and oxygen atoms in total. The summed E-state index contributed by atoms with van der Waals surface area (Å²) in [5.41, 5.74) is -0.338. The Morgan fingerprint density at radius 2 is 2.00 bits per heavy atom. The zero-order valence-electron chi connectivity index (χ0n) is 14.4. The molecule has 1 atom stereocenters. The van der Waals surface area contributed by atoms with Gasteiger partial charge in [0.15, 0.2) is 0 Å². The molecule has 25 heavy (non-hydrogen) atoms. The van der Waals surface area contributed by atoms with Crippen LogP contribution in [-0.2, 0) is 14.1 Å². The normalized spacial score (nSPS) is 12.3. The summed E-state index contributed by atoms with van der Waals surface area (Å²) >= 11 is 1.58. The fourth-order valence-corrected chi connectivity index (χ4v) is 3.51. The fraction of sp³-hybridized carbons (Fsp3) is 0.294. The number of amides is 1. The van der Waals surface area contributed by atoms with Crippen LogP contribution < -0.4 is 11.2 Å². The van der Waals surface area contributed by atoms with E-state index in [1.54, 1.807) is 30.3 Å². The molecule has 3 aromatic heterocycles. The molecule has 0 unspecified atom stereocenters. The average molecular weight is 358 g/mol. The molecule has 0 fully saturated rings. The van der Waals surface area contributed by atoms with E-state index in [2.05, 4.69) is 4.98 Å². The van der Waals surface area contributed by atoms with Gasteiger partial charge in [-0.05, 0) is 24.4 Å². The third kappa shape index (κ3) is 2.78. The third-order valence-electron chi connectivity index (χ3n) is 4.40. The van der Waals surface area contributed by atoms with E-state index in [4.69, 9.17) is 0 Å². The molecule has 0 aliphatic heterocycles. The van der Waals surface area contributed by atoms with Crippen molar-refractivity contribution in [1.82, 2.24) is 19.0 Å². The van der Waals surface area contributed by atoms with E-state index in [0.717, 1.165) is 9.44 Å². The number of hydrogen-bond donors (Lipinski definition) is 0. The van der Waals surface area contributed by atoms with Crippen LogP contribution in [0.3, 0.4) is 0 Å². The average Bonchev–Trinajstić information content (AvgIpc) is 3.17. The number of rotatable bonds is 3. The summed E-state index contributed by atoms with van der Waals surface area (Å²) < 4.78 is 2.30. The summed E-state index contributed by atoms with van der Waals surface area (Å²) in [4.78, 5) is 44.0. The number of carbonyl (C=O) groups excluding carboxylic acids is 1. The first-order chi connectivity index (χ1) is 11.8. The quantitative estimate of drug-likeness (QED) is 0.711. The molecule has 0 saturated carbocycles. The molecule has 3 aromatic rings. The topological polar surface area (TPSA) is 77.2 Å². The number of pyridine rings is 1. The minimum absolute atomic E-state index is 0.0915. The van der Waals surface area contributed by atoms with Crippen molar-refractivity contribution in [2.24, 2.45) is 14.1 Å². The second-order valence-corrected chi connectivity index (χ2v) is 6.89. The van der Waals surface area contributed by atoms with Crippen molar-refractivity contribution in [3.63, 3.8) is 0 Å². The van der Waals surface area contributed by atoms with Crippen LogP contribution in [0.25, 0.3) is 11.0 Å². The lowest BCUT2D eigenvalue weighted by Gasteiger charge is -2.24. The fourth-order valence-electron chi connectivity index (χ4n) is 2.68. The first-order valence-corrected chi connectivity index (χ1v) is 8.57. The summed E-state index contributed by atoms with van der Waals surface area (Å²) in [6, 6.07) is 5.33. The number of aryl methyl sites for hydroxylation is 1. The van der Waals surface area contributed by atoms with Gasteiger partial charge in [-0.2, -0.15) is 0 Å². The zero-order chi connectivity index (χ0) is 18.3. The van der Waals surface area contributed by atoms with Crippen molar-refractivity contribution >= 4 is 28.3 Å². The Kier molecular flexibility index (Phi) is 4.30. The van der Waals surface area contributed by atoms with Crippen molar-refractivity contribution in [3.8, 4) is 0 Å². The molecule has 0 bridgehead atoms. The zero-order valence-corrected chi connectivity index (χ0v) is 15.2. The first-order valence-electron chi connectivity index (χ1n) is 7.69. The van der Waals surface area contributed by atoms with Gasteiger partial charge in [0.05, 0.1) is 17.0 Å². The molecule has 0 aliphatic rings. The Labute approximate surface area is 147 Å². The molecular weight excluding hydrogens is 340 g/mol. The second kappa shape index (κ2) is 6.29. The maximum atomic E-state index is 12.8. The molecule has 8 heteroatoms. The standard InChI is InChI=1S/C17H18N4O3S/c1-10(13-6-5-7-25-13)19(2)15(22)11-8-12-14(18-9-11)20(3)17(24)21(4)16(12)23/h5-10H,1-4H3/t10-/m0/s1. The lowest BCUT2D eigenvalue weighted by atomic mass is 10.1. The van der Waals surface area contributed by atoms with Crippen LogP contribution in [0.4, 0.5) is 0 Å². The van der Waals surface area contributed by atoms with E-state index >= 15 is 0 Å². The summed E-state index contributed by atoms with van der Waals surface area (Å²) in [6.45, 7) is 1.95. The molecule has 0 saturated heterocycles. The van der Waals surface area contributed by atoms with E-state index in [-0.39, 0.29) is 23.0 Å². The van der Waals surface area contributed by atoms with E-state index in [1.807, 2.05) is 24.4 Å². The van der Waals surface area contributed by atoms with Gasteiger partial charge in [-0.15, -0.1) is 11.3 Å². The molecule has 1 amide bonds. The van der Waals surface area contributed by atoms with Crippen LogP contribution in [0.15, 0.2) is 39.4 Å². The molecule has 0 aliphatic carbocycles. The lowest BCUT2D eigenvalue weighted by molar-refractivity contribution is 0.0744. The monoisotopic (exact) mass is 358 g/mol. The summed E-state index contributed by atoms with van der Waals surface area (Å²) in [6.07, 6.45) is 1.40. The predicted molar refractivity (Wildman–Crippen MR) is 97.1 cm³/mol. The van der Waals surface area contributed by atoms with Gasteiger partial charge in [-0.25, -0.2) is 9.78 Å². The minimum atomic E-state index is -0.464. The van der Waals surface area contributed by atoms with Crippen LogP contribution in [0, 0.1) is 0 Å². The molecular formula is C17H18N4O3S. The highest BCUT2D eigenvalue weighted by molar-refractivity contribution is 7.10. The number of fused-ring (bicyclic) bond motifs is 1. The second-order valence-electron chi connectivity index (χ2n) is 5.91. The van der Waals surface area contributed by atoms with Gasteiger partial charge >= 0.3 is 5.69 Å². The smallest absolute Gasteiger partial charge is 0.332 e. The minimum Gasteiger partial charge on any atom is -0.334 e. The van der Waals surface area contributed by atoms with Gasteiger partial charge in [0.25, 0.3) is 11.5 Å². The van der Waals surface area contributed by atoms with Gasteiger partial charge in [-0.1, -0.05) is 6.07 Å². The van der Waals surface area contributed by atoms with Crippen LogP contribution in [-0.4, -0.2) is 32.0 Å². The predicted octanol–water partition coefficient (Wildman–Crippen LogP) is 1.53. The Bertz CT molecular complexity index is 1070. The Balaban J connectivity index is 2.06. The van der Waals surface area contributed by atoms with E-state index < -0.39 is 11.2 Å². The van der Waals surface area contributed by atoms with Crippen molar-refractivity contribution in [2.75, 3.05) is 7.05 Å². The maximum absolute atomic E-state index is 12.8. The third-order valence-corrected chi connectivity index (χ3v) is 5.44. The van der Waals surface area contributed by atoms with Gasteiger partial charge in [0.1, 0.15) is 5.65 Å². The van der Waals surface area contributed by atoms with Gasteiger partial charge in [-0.3, -0.25) is 18.7 Å². The highest BCUT2D eigenvalue weighted by Crippen LogP contribution is 2.24. The van der Waals surface area contributed by atoms with Crippen LogP contribution in [0.5, 0.6) is 0 Å². The molecule has 0 spiro atoms.